The number of aliphatic hydroxyl groups excluding tert-OH is 2. The number of amides is 12. The number of likely N-dealkylation sites (tertiary alicyclic amines) is 1. The minimum atomic E-state index is -1.68. The lowest BCUT2D eigenvalue weighted by molar-refractivity contribution is -0.151. The smallest absolute Gasteiger partial charge is 0.248 e. The molecule has 26 nitrogen and oxygen atoms in total. The van der Waals surface area contributed by atoms with Crippen molar-refractivity contribution in [3.8, 4) is 0 Å². The molecule has 2 aliphatic rings. The average molecular weight is 1450 g/mol. The summed E-state index contributed by atoms with van der Waals surface area (Å²) in [5.41, 5.74) is 1.38. The van der Waals surface area contributed by atoms with Crippen LogP contribution in [-0.2, 0) is 70.4 Å². The summed E-state index contributed by atoms with van der Waals surface area (Å²) in [6, 6.07) is 2.41. The Bertz CT molecular complexity index is 3150. The van der Waals surface area contributed by atoms with Gasteiger partial charge in [-0.15, -0.1) is 0 Å². The molecule has 2 aromatic carbocycles. The number of aryl methyl sites for hydroxylation is 1. The standard InChI is InChI=1S/C75H119ClN12O14/c1-18-57-66(93)77-54(32-23-26-37-89)70(97)87(17)62(41-49(8)9)74(101)86(16)61(43-52-30-27-31-53(76)42-52)68(95)78-55(38-46(2)3)71(98)84(14)58(34-33-51-28-21-19-22-29-51)73(100)85(15)60(40-48(6)7)69(96)80-65(50(10)90)75(102)81(11)45-64(92)83(13)59(39-47(4)5)67(94)79-56(44-63(91)82(57)12)72(99)88-35-24-20-25-36-88/h19,21-22,27-31,42,46-50,54-62,65,89-90H,18,20,23-26,32-41,43-45H2,1-17H3,(H,77,93)(H,78,95)(H,79,94)(H,80,96)/t50-,54+,55+,56+,57+,58+,59+,60+,61+,62+,65+/m1/s1. The molecule has 11 atom stereocenters. The number of nitrogens with one attached hydrogen (secondary N) is 4. The Morgan fingerprint density at radius 3 is 1.54 bits per heavy atom. The molecule has 102 heavy (non-hydrogen) atoms. The van der Waals surface area contributed by atoms with Gasteiger partial charge in [-0.2, -0.15) is 0 Å². The zero-order valence-corrected chi connectivity index (χ0v) is 64.3. The zero-order valence-electron chi connectivity index (χ0n) is 63.5. The van der Waals surface area contributed by atoms with E-state index < -0.39 is 150 Å². The van der Waals surface area contributed by atoms with Gasteiger partial charge in [-0.05, 0) is 137 Å². The monoisotopic (exact) mass is 1450 g/mol. The molecule has 2 aliphatic heterocycles. The van der Waals surface area contributed by atoms with Gasteiger partial charge in [0.05, 0.1) is 19.1 Å². The normalized spacial score (nSPS) is 24.8. The molecule has 4 rings (SSSR count). The zero-order chi connectivity index (χ0) is 76.6. The van der Waals surface area contributed by atoms with Crippen LogP contribution in [0.1, 0.15) is 164 Å². The van der Waals surface area contributed by atoms with E-state index in [4.69, 9.17) is 11.6 Å². The highest BCUT2D eigenvalue weighted by molar-refractivity contribution is 6.30. The first kappa shape index (κ1) is 86.7. The number of rotatable bonds is 20. The van der Waals surface area contributed by atoms with E-state index in [1.807, 2.05) is 85.7 Å². The van der Waals surface area contributed by atoms with Crippen molar-refractivity contribution in [2.45, 2.75) is 232 Å². The van der Waals surface area contributed by atoms with Crippen LogP contribution in [0.2, 0.25) is 5.02 Å². The number of unbranched alkanes of at least 4 members (excludes halogenated alkanes) is 1. The van der Waals surface area contributed by atoms with Crippen LogP contribution in [0.25, 0.3) is 0 Å². The number of carbonyl (C=O) groups is 12. The van der Waals surface area contributed by atoms with Crippen molar-refractivity contribution in [3.63, 3.8) is 0 Å². The Hall–Kier alpha value is -7.71. The van der Waals surface area contributed by atoms with E-state index in [2.05, 4.69) is 21.3 Å². The molecule has 12 amide bonds. The summed E-state index contributed by atoms with van der Waals surface area (Å²) in [6.45, 7) is 17.5. The first-order chi connectivity index (χ1) is 47.9. The number of carbonyl (C=O) groups excluding carboxylic acids is 12. The number of piperidine rings is 1. The van der Waals surface area contributed by atoms with Gasteiger partial charge in [-0.1, -0.05) is 116 Å². The highest BCUT2D eigenvalue weighted by atomic mass is 35.5. The molecule has 0 saturated carbocycles. The lowest BCUT2D eigenvalue weighted by atomic mass is 9.96. The van der Waals surface area contributed by atoms with Crippen LogP contribution < -0.4 is 21.3 Å². The maximum atomic E-state index is 15.6. The van der Waals surface area contributed by atoms with Crippen LogP contribution in [-0.4, -0.2) is 262 Å². The van der Waals surface area contributed by atoms with Gasteiger partial charge in [0.2, 0.25) is 70.9 Å². The molecule has 2 heterocycles. The molecule has 0 aromatic heterocycles. The van der Waals surface area contributed by atoms with E-state index in [9.17, 15) is 43.8 Å². The lowest BCUT2D eigenvalue weighted by Gasteiger charge is -2.38. The first-order valence-electron chi connectivity index (χ1n) is 36.4. The minimum absolute atomic E-state index is 0.00766. The van der Waals surface area contributed by atoms with Gasteiger partial charge in [-0.3, -0.25) is 57.5 Å². The van der Waals surface area contributed by atoms with E-state index >= 15 is 24.0 Å². The van der Waals surface area contributed by atoms with Crippen molar-refractivity contribution in [2.75, 3.05) is 75.6 Å². The van der Waals surface area contributed by atoms with Gasteiger partial charge in [0, 0.05) is 80.5 Å². The Labute approximate surface area is 610 Å². The maximum Gasteiger partial charge on any atom is 0.248 e. The molecule has 6 N–H and O–H groups in total. The van der Waals surface area contributed by atoms with Crippen LogP contribution in [0.15, 0.2) is 54.6 Å². The number of hydrogen-bond donors (Lipinski definition) is 6. The predicted octanol–water partition coefficient (Wildman–Crippen LogP) is 4.43. The average Bonchev–Trinajstić information content (AvgIpc) is 0.816. The van der Waals surface area contributed by atoms with Crippen LogP contribution in [0.3, 0.4) is 0 Å². The van der Waals surface area contributed by atoms with Crippen molar-refractivity contribution in [2.24, 2.45) is 23.7 Å². The Morgan fingerprint density at radius 2 is 0.980 bits per heavy atom. The highest BCUT2D eigenvalue weighted by Crippen LogP contribution is 2.25. The van der Waals surface area contributed by atoms with Crippen LogP contribution in [0.4, 0.5) is 0 Å². The van der Waals surface area contributed by atoms with Gasteiger partial charge in [0.1, 0.15) is 60.4 Å². The maximum absolute atomic E-state index is 15.6. The molecular weight excluding hydrogens is 1330 g/mol. The van der Waals surface area contributed by atoms with Crippen molar-refractivity contribution in [3.05, 3.63) is 70.7 Å². The molecule has 570 valence electrons. The van der Waals surface area contributed by atoms with E-state index in [1.54, 1.807) is 36.1 Å². The summed E-state index contributed by atoms with van der Waals surface area (Å²) < 4.78 is 0. The van der Waals surface area contributed by atoms with Gasteiger partial charge >= 0.3 is 0 Å². The molecule has 2 saturated heterocycles. The molecule has 27 heteroatoms. The van der Waals surface area contributed by atoms with Crippen molar-refractivity contribution in [1.82, 2.24) is 60.5 Å². The fraction of sp³-hybridized carbons (Fsp3) is 0.680. The number of aliphatic hydroxyl groups is 2. The number of likely N-dealkylation sites (N-methyl/N-ethyl adjacent to an activating group) is 7. The second kappa shape index (κ2) is 41.5. The van der Waals surface area contributed by atoms with Crippen molar-refractivity contribution < 1.29 is 67.7 Å². The van der Waals surface area contributed by atoms with E-state index in [-0.39, 0.29) is 101 Å². The fourth-order valence-corrected chi connectivity index (χ4v) is 13.5. The van der Waals surface area contributed by atoms with Crippen LogP contribution in [0.5, 0.6) is 0 Å². The molecule has 0 aliphatic carbocycles. The molecule has 2 fully saturated rings. The third-order valence-electron chi connectivity index (χ3n) is 19.4. The van der Waals surface area contributed by atoms with Gasteiger partial charge in [0.25, 0.3) is 0 Å². The minimum Gasteiger partial charge on any atom is -0.396 e. The predicted molar refractivity (Wildman–Crippen MR) is 390 cm³/mol. The molecular formula is C75H119ClN12O14. The van der Waals surface area contributed by atoms with Crippen molar-refractivity contribution >= 4 is 82.5 Å². The first-order valence-corrected chi connectivity index (χ1v) is 36.7. The summed E-state index contributed by atoms with van der Waals surface area (Å²) in [4.78, 5) is 190. The second-order valence-electron chi connectivity index (χ2n) is 29.6. The van der Waals surface area contributed by atoms with E-state index in [0.717, 1.165) is 26.7 Å². The third-order valence-corrected chi connectivity index (χ3v) is 19.6. The second-order valence-corrected chi connectivity index (χ2v) is 30.0. The summed E-state index contributed by atoms with van der Waals surface area (Å²) >= 11 is 6.54. The molecule has 0 bridgehead atoms. The molecule has 0 radical (unpaired) electrons. The Kier molecular flexibility index (Phi) is 35.3. The van der Waals surface area contributed by atoms with E-state index in [0.29, 0.717) is 36.5 Å². The number of nitrogens with zero attached hydrogens (tertiary/aromatic N) is 8. The summed E-state index contributed by atoms with van der Waals surface area (Å²) in [6.07, 6.45) is 0.921. The third kappa shape index (κ3) is 25.3. The topological polar surface area (TPSA) is 319 Å². The summed E-state index contributed by atoms with van der Waals surface area (Å²) in [7, 11) is 9.74. The van der Waals surface area contributed by atoms with Gasteiger partial charge in [-0.25, -0.2) is 0 Å². The molecule has 0 unspecified atom stereocenters. The van der Waals surface area contributed by atoms with Gasteiger partial charge in [0.15, 0.2) is 0 Å². The number of halogens is 1. The lowest BCUT2D eigenvalue weighted by Crippen LogP contribution is -2.62. The van der Waals surface area contributed by atoms with Gasteiger partial charge < -0.3 is 70.7 Å². The van der Waals surface area contributed by atoms with E-state index in [1.165, 1.54) is 75.9 Å². The van der Waals surface area contributed by atoms with Crippen LogP contribution in [0, 0.1) is 23.7 Å². The highest BCUT2D eigenvalue weighted by Gasteiger charge is 2.44. The Morgan fingerprint density at radius 1 is 0.500 bits per heavy atom. The fourth-order valence-electron chi connectivity index (χ4n) is 13.3. The SMILES string of the molecule is CC[C@H]1C(=O)N[C@@H](CCCCO)C(=O)N(C)[C@@H](CC(C)C)C(=O)N(C)[C@@H](Cc2cccc(Cl)c2)C(=O)N[C@@H](CC(C)C)C(=O)N(C)[C@@H](CCc2ccccc2)C(=O)N(C)[C@@H](CC(C)C)C(=O)N[C@@H]([C@@H](C)O)C(=O)N(C)CC(=O)N(C)[C@@H](CC(C)C)C(=O)N[C@H](C(=O)N2CCCCC2)CC(=O)N1C. The molecule has 0 spiro atoms. The number of benzene rings is 2. The quantitative estimate of drug-likeness (QED) is 0.100. The van der Waals surface area contributed by atoms with Crippen LogP contribution >= 0.6 is 11.6 Å². The van der Waals surface area contributed by atoms with Crippen molar-refractivity contribution in [1.29, 1.82) is 0 Å². The molecule has 2 aromatic rings. The summed E-state index contributed by atoms with van der Waals surface area (Å²) in [5.74, 6) is -9.67. The summed E-state index contributed by atoms with van der Waals surface area (Å²) in [5, 5.41) is 32.9. The number of hydrogen-bond acceptors (Lipinski definition) is 14. The largest absolute Gasteiger partial charge is 0.396 e. The Balaban J connectivity index is 2.00.